The van der Waals surface area contributed by atoms with Crippen LogP contribution in [0, 0.1) is 0 Å². The number of amidine groups is 1. The molecule has 1 aromatic carbocycles. The molecular formula is C11H10BrN5O3S. The lowest BCUT2D eigenvalue weighted by atomic mass is 10.2. The molecule has 0 fully saturated rings. The number of rotatable bonds is 3. The second-order valence-electron chi connectivity index (χ2n) is 3.93. The number of aromatic amines is 1. The van der Waals surface area contributed by atoms with Crippen molar-refractivity contribution in [1.29, 1.82) is 0 Å². The summed E-state index contributed by atoms with van der Waals surface area (Å²) in [7, 11) is 1.58. The number of benzene rings is 1. The summed E-state index contributed by atoms with van der Waals surface area (Å²) < 4.78 is 2.04. The molecule has 2 aromatic rings. The Kier molecular flexibility index (Phi) is 4.48. The molecule has 0 bridgehead atoms. The van der Waals surface area contributed by atoms with Crippen LogP contribution in [-0.2, 0) is 7.05 Å². The minimum absolute atomic E-state index is 0.0122. The molecule has 10 heteroatoms. The third kappa shape index (κ3) is 3.34. The predicted octanol–water partition coefficient (Wildman–Crippen LogP) is 0.477. The number of oxime groups is 1. The van der Waals surface area contributed by atoms with E-state index in [0.717, 1.165) is 4.90 Å². The Balaban J connectivity index is 2.39. The molecule has 1 aromatic heterocycles. The van der Waals surface area contributed by atoms with Gasteiger partial charge in [0, 0.05) is 22.0 Å². The van der Waals surface area contributed by atoms with Crippen molar-refractivity contribution < 1.29 is 5.21 Å². The minimum atomic E-state index is -0.847. The van der Waals surface area contributed by atoms with E-state index in [4.69, 9.17) is 10.9 Å². The van der Waals surface area contributed by atoms with Gasteiger partial charge in [0.1, 0.15) is 0 Å². The standard InChI is InChI=1S/C11H10BrN5O3S/c1-17-11(14-9(18)10(19)15-17)21-7-3-2-5(4-6(7)12)8(13)16-20/h2-4,20H,1H3,(H2,13,16)(H,15,19). The summed E-state index contributed by atoms with van der Waals surface area (Å²) >= 11 is 4.54. The molecule has 0 saturated heterocycles. The first-order chi connectivity index (χ1) is 9.92. The smallest absolute Gasteiger partial charge is 0.339 e. The van der Waals surface area contributed by atoms with Crippen molar-refractivity contribution in [1.82, 2.24) is 14.8 Å². The average molecular weight is 372 g/mol. The number of halogens is 1. The Hall–Kier alpha value is -2.07. The highest BCUT2D eigenvalue weighted by molar-refractivity contribution is 9.10. The molecule has 0 unspecified atom stereocenters. The van der Waals surface area contributed by atoms with E-state index in [-0.39, 0.29) is 5.84 Å². The highest BCUT2D eigenvalue weighted by Gasteiger charge is 2.10. The van der Waals surface area contributed by atoms with E-state index in [9.17, 15) is 9.59 Å². The van der Waals surface area contributed by atoms with Crippen LogP contribution in [-0.4, -0.2) is 25.8 Å². The van der Waals surface area contributed by atoms with Crippen molar-refractivity contribution in [2.24, 2.45) is 17.9 Å². The van der Waals surface area contributed by atoms with Gasteiger partial charge in [-0.05, 0) is 45.9 Å². The van der Waals surface area contributed by atoms with E-state index in [1.165, 1.54) is 16.4 Å². The van der Waals surface area contributed by atoms with Crippen molar-refractivity contribution in [2.45, 2.75) is 10.1 Å². The molecule has 0 radical (unpaired) electrons. The van der Waals surface area contributed by atoms with Gasteiger partial charge in [0.15, 0.2) is 11.0 Å². The summed E-state index contributed by atoms with van der Waals surface area (Å²) in [5.74, 6) is -0.0122. The van der Waals surface area contributed by atoms with E-state index in [1.54, 1.807) is 25.2 Å². The molecule has 0 aliphatic rings. The Bertz CT molecular complexity index is 829. The lowest BCUT2D eigenvalue weighted by Gasteiger charge is -2.08. The topological polar surface area (TPSA) is 126 Å². The van der Waals surface area contributed by atoms with Gasteiger partial charge in [0.2, 0.25) is 0 Å². The Morgan fingerprint density at radius 1 is 1.52 bits per heavy atom. The van der Waals surface area contributed by atoms with E-state index in [2.05, 4.69) is 31.2 Å². The summed E-state index contributed by atoms with van der Waals surface area (Å²) in [6, 6.07) is 5.05. The SMILES string of the molecule is Cn1[nH]c(=O)c(=O)nc1Sc1ccc(/C(N)=N/O)cc1Br. The molecule has 4 N–H and O–H groups in total. The van der Waals surface area contributed by atoms with Gasteiger partial charge < -0.3 is 10.9 Å². The summed E-state index contributed by atoms with van der Waals surface area (Å²) in [5, 5.41) is 14.2. The van der Waals surface area contributed by atoms with Crippen LogP contribution in [0.5, 0.6) is 0 Å². The molecule has 2 rings (SSSR count). The van der Waals surface area contributed by atoms with Gasteiger partial charge in [-0.25, -0.2) is 0 Å². The normalized spacial score (nSPS) is 11.6. The number of aromatic nitrogens is 3. The quantitative estimate of drug-likeness (QED) is 0.237. The Morgan fingerprint density at radius 2 is 2.24 bits per heavy atom. The fraction of sp³-hybridized carbons (Fsp3) is 0.0909. The maximum absolute atomic E-state index is 11.3. The monoisotopic (exact) mass is 371 g/mol. The zero-order valence-electron chi connectivity index (χ0n) is 10.7. The first kappa shape index (κ1) is 15.3. The summed E-state index contributed by atoms with van der Waals surface area (Å²) in [4.78, 5) is 26.9. The second kappa shape index (κ2) is 6.14. The first-order valence-corrected chi connectivity index (χ1v) is 7.16. The van der Waals surface area contributed by atoms with Crippen LogP contribution < -0.4 is 16.9 Å². The molecule has 0 aliphatic heterocycles. The Labute approximate surface area is 130 Å². The van der Waals surface area contributed by atoms with Gasteiger partial charge in [-0.15, -0.1) is 0 Å². The number of nitrogens with one attached hydrogen (secondary N) is 1. The Morgan fingerprint density at radius 3 is 2.86 bits per heavy atom. The molecule has 21 heavy (non-hydrogen) atoms. The number of aryl methyl sites for hydroxylation is 1. The molecule has 0 saturated carbocycles. The zero-order chi connectivity index (χ0) is 15.6. The molecule has 0 atom stereocenters. The fourth-order valence-electron chi connectivity index (χ4n) is 1.45. The molecular weight excluding hydrogens is 362 g/mol. The van der Waals surface area contributed by atoms with Crippen molar-refractivity contribution in [3.8, 4) is 0 Å². The largest absolute Gasteiger partial charge is 0.409 e. The van der Waals surface area contributed by atoms with Crippen molar-refractivity contribution in [2.75, 3.05) is 0 Å². The van der Waals surface area contributed by atoms with E-state index in [1.807, 2.05) is 0 Å². The minimum Gasteiger partial charge on any atom is -0.409 e. The average Bonchev–Trinajstić information content (AvgIpc) is 2.45. The molecule has 0 amide bonds. The zero-order valence-corrected chi connectivity index (χ0v) is 13.1. The number of nitrogens with two attached hydrogens (primary N) is 1. The van der Waals surface area contributed by atoms with Gasteiger partial charge in [-0.3, -0.25) is 19.4 Å². The van der Waals surface area contributed by atoms with Gasteiger partial charge in [0.25, 0.3) is 0 Å². The van der Waals surface area contributed by atoms with Crippen LogP contribution >= 0.6 is 27.7 Å². The molecule has 8 nitrogen and oxygen atoms in total. The molecule has 0 aliphatic carbocycles. The highest BCUT2D eigenvalue weighted by Crippen LogP contribution is 2.32. The summed E-state index contributed by atoms with van der Waals surface area (Å²) in [6.45, 7) is 0. The van der Waals surface area contributed by atoms with Gasteiger partial charge in [0.05, 0.1) is 0 Å². The number of H-pyrrole nitrogens is 1. The van der Waals surface area contributed by atoms with Gasteiger partial charge in [-0.2, -0.15) is 4.98 Å². The van der Waals surface area contributed by atoms with Crippen molar-refractivity contribution in [3.05, 3.63) is 48.9 Å². The maximum atomic E-state index is 11.3. The van der Waals surface area contributed by atoms with E-state index >= 15 is 0 Å². The second-order valence-corrected chi connectivity index (χ2v) is 5.80. The van der Waals surface area contributed by atoms with Gasteiger partial charge in [-0.1, -0.05) is 5.16 Å². The molecule has 1 heterocycles. The molecule has 110 valence electrons. The molecule has 0 spiro atoms. The van der Waals surface area contributed by atoms with Crippen molar-refractivity contribution in [3.63, 3.8) is 0 Å². The lowest BCUT2D eigenvalue weighted by Crippen LogP contribution is -2.33. The van der Waals surface area contributed by atoms with Crippen molar-refractivity contribution >= 4 is 33.5 Å². The summed E-state index contributed by atoms with van der Waals surface area (Å²) in [5.41, 5.74) is 4.42. The van der Waals surface area contributed by atoms with E-state index < -0.39 is 11.1 Å². The maximum Gasteiger partial charge on any atom is 0.339 e. The van der Waals surface area contributed by atoms with E-state index in [0.29, 0.717) is 15.2 Å². The number of hydrogen-bond acceptors (Lipinski definition) is 6. The van der Waals surface area contributed by atoms with Crippen LogP contribution in [0.3, 0.4) is 0 Å². The van der Waals surface area contributed by atoms with Crippen LogP contribution in [0.2, 0.25) is 0 Å². The van der Waals surface area contributed by atoms with Crippen LogP contribution in [0.25, 0.3) is 0 Å². The summed E-state index contributed by atoms with van der Waals surface area (Å²) in [6.07, 6.45) is 0. The third-order valence-corrected chi connectivity index (χ3v) is 4.53. The highest BCUT2D eigenvalue weighted by atomic mass is 79.9. The van der Waals surface area contributed by atoms with Gasteiger partial charge >= 0.3 is 11.1 Å². The first-order valence-electron chi connectivity index (χ1n) is 5.55. The predicted molar refractivity (Wildman–Crippen MR) is 80.9 cm³/mol. The number of nitrogens with zero attached hydrogens (tertiary/aromatic N) is 3. The van der Waals surface area contributed by atoms with Crippen LogP contribution in [0.1, 0.15) is 5.56 Å². The van der Waals surface area contributed by atoms with Crippen LogP contribution in [0.15, 0.2) is 47.5 Å². The number of hydrogen-bond donors (Lipinski definition) is 3. The fourth-order valence-corrected chi connectivity index (χ4v) is 2.87. The lowest BCUT2D eigenvalue weighted by molar-refractivity contribution is 0.318. The van der Waals surface area contributed by atoms with Crippen LogP contribution in [0.4, 0.5) is 0 Å². The third-order valence-electron chi connectivity index (χ3n) is 2.48.